The van der Waals surface area contributed by atoms with E-state index in [1.54, 1.807) is 11.3 Å². The van der Waals surface area contributed by atoms with Gasteiger partial charge in [0.1, 0.15) is 5.01 Å². The molecule has 0 spiro atoms. The van der Waals surface area contributed by atoms with Crippen molar-refractivity contribution in [1.82, 2.24) is 20.1 Å². The summed E-state index contributed by atoms with van der Waals surface area (Å²) in [6.07, 6.45) is 3.77. The van der Waals surface area contributed by atoms with Gasteiger partial charge in [-0.3, -0.25) is 4.68 Å². The molecular weight excluding hydrogens is 268 g/mol. The molecule has 0 amide bonds. The standard InChI is InChI=1S/C15H22N4S/c1-10-9-20-15(17-10)8-19-12(3)14(11(2)18-19)6-7-16-13-4-5-13/h9,13,16H,4-8H2,1-3H3. The van der Waals surface area contributed by atoms with E-state index in [1.807, 2.05) is 6.92 Å². The zero-order valence-electron chi connectivity index (χ0n) is 12.4. The molecule has 0 radical (unpaired) electrons. The quantitative estimate of drug-likeness (QED) is 0.889. The maximum absolute atomic E-state index is 4.68. The Kier molecular flexibility index (Phi) is 3.89. The normalized spacial score (nSPS) is 14.9. The number of rotatable bonds is 6. The van der Waals surface area contributed by atoms with Gasteiger partial charge in [-0.15, -0.1) is 11.3 Å². The molecule has 20 heavy (non-hydrogen) atoms. The Bertz CT molecular complexity index is 595. The smallest absolute Gasteiger partial charge is 0.114 e. The van der Waals surface area contributed by atoms with Crippen molar-refractivity contribution >= 4 is 11.3 Å². The highest BCUT2D eigenvalue weighted by Gasteiger charge is 2.20. The van der Waals surface area contributed by atoms with Crippen LogP contribution in [0.4, 0.5) is 0 Å². The molecule has 3 rings (SSSR count). The van der Waals surface area contributed by atoms with Crippen LogP contribution in [0.1, 0.15) is 40.5 Å². The van der Waals surface area contributed by atoms with E-state index in [4.69, 9.17) is 0 Å². The number of hydrogen-bond acceptors (Lipinski definition) is 4. The van der Waals surface area contributed by atoms with Gasteiger partial charge in [0.2, 0.25) is 0 Å². The van der Waals surface area contributed by atoms with Gasteiger partial charge in [0.15, 0.2) is 0 Å². The summed E-state index contributed by atoms with van der Waals surface area (Å²) in [6.45, 7) is 8.18. The summed E-state index contributed by atoms with van der Waals surface area (Å²) in [5.74, 6) is 0. The van der Waals surface area contributed by atoms with E-state index in [-0.39, 0.29) is 0 Å². The topological polar surface area (TPSA) is 42.7 Å². The van der Waals surface area contributed by atoms with Crippen LogP contribution in [0.25, 0.3) is 0 Å². The number of aryl methyl sites for hydroxylation is 2. The van der Waals surface area contributed by atoms with E-state index in [9.17, 15) is 0 Å². The van der Waals surface area contributed by atoms with Crippen molar-refractivity contribution in [3.05, 3.63) is 33.0 Å². The lowest BCUT2D eigenvalue weighted by Gasteiger charge is -2.05. The second-order valence-electron chi connectivity index (χ2n) is 5.67. The first-order chi connectivity index (χ1) is 9.63. The van der Waals surface area contributed by atoms with Crippen LogP contribution in [0.5, 0.6) is 0 Å². The zero-order valence-corrected chi connectivity index (χ0v) is 13.3. The molecule has 5 heteroatoms. The van der Waals surface area contributed by atoms with Crippen molar-refractivity contribution in [2.45, 2.75) is 52.6 Å². The first kappa shape index (κ1) is 13.8. The Morgan fingerprint density at radius 3 is 2.80 bits per heavy atom. The SMILES string of the molecule is Cc1csc(Cn2nc(C)c(CCNC3CC3)c2C)n1. The minimum Gasteiger partial charge on any atom is -0.314 e. The zero-order chi connectivity index (χ0) is 14.1. The summed E-state index contributed by atoms with van der Waals surface area (Å²) in [7, 11) is 0. The molecule has 0 aromatic carbocycles. The molecule has 1 saturated carbocycles. The van der Waals surface area contributed by atoms with Crippen LogP contribution in [0.3, 0.4) is 0 Å². The van der Waals surface area contributed by atoms with Gasteiger partial charge in [-0.1, -0.05) is 0 Å². The predicted octanol–water partition coefficient (Wildman–Crippen LogP) is 2.61. The number of nitrogens with zero attached hydrogens (tertiary/aromatic N) is 3. The molecule has 4 nitrogen and oxygen atoms in total. The van der Waals surface area contributed by atoms with Gasteiger partial charge < -0.3 is 5.32 Å². The summed E-state index contributed by atoms with van der Waals surface area (Å²) >= 11 is 1.71. The highest BCUT2D eigenvalue weighted by molar-refractivity contribution is 7.09. The Balaban J connectivity index is 1.68. The van der Waals surface area contributed by atoms with Gasteiger partial charge in [-0.05, 0) is 52.1 Å². The van der Waals surface area contributed by atoms with Crippen LogP contribution in [-0.4, -0.2) is 27.4 Å². The largest absolute Gasteiger partial charge is 0.314 e. The third-order valence-corrected chi connectivity index (χ3v) is 4.82. The van der Waals surface area contributed by atoms with Gasteiger partial charge >= 0.3 is 0 Å². The molecule has 2 aromatic rings. The summed E-state index contributed by atoms with van der Waals surface area (Å²) in [5, 5.41) is 11.5. The summed E-state index contributed by atoms with van der Waals surface area (Å²) in [5.41, 5.74) is 4.94. The second-order valence-corrected chi connectivity index (χ2v) is 6.61. The minimum atomic E-state index is 0.781. The third kappa shape index (κ3) is 3.10. The number of thiazole rings is 1. The Morgan fingerprint density at radius 2 is 2.15 bits per heavy atom. The fourth-order valence-corrected chi connectivity index (χ4v) is 3.29. The third-order valence-electron chi connectivity index (χ3n) is 3.87. The van der Waals surface area contributed by atoms with Crippen LogP contribution in [-0.2, 0) is 13.0 Å². The van der Waals surface area contributed by atoms with Crippen molar-refractivity contribution in [3.63, 3.8) is 0 Å². The van der Waals surface area contributed by atoms with Gasteiger partial charge in [0, 0.05) is 22.8 Å². The molecular formula is C15H22N4S. The molecule has 1 aliphatic carbocycles. The van der Waals surface area contributed by atoms with Gasteiger partial charge in [0.05, 0.1) is 12.2 Å². The van der Waals surface area contributed by atoms with E-state index in [0.29, 0.717) is 0 Å². The molecule has 0 unspecified atom stereocenters. The molecule has 108 valence electrons. The maximum atomic E-state index is 4.68. The Hall–Kier alpha value is -1.20. The van der Waals surface area contributed by atoms with Crippen LogP contribution < -0.4 is 5.32 Å². The van der Waals surface area contributed by atoms with E-state index in [1.165, 1.54) is 24.1 Å². The van der Waals surface area contributed by atoms with Crippen molar-refractivity contribution in [3.8, 4) is 0 Å². The molecule has 0 bridgehead atoms. The molecule has 2 heterocycles. The molecule has 1 N–H and O–H groups in total. The molecule has 0 saturated heterocycles. The van der Waals surface area contributed by atoms with Crippen molar-refractivity contribution < 1.29 is 0 Å². The van der Waals surface area contributed by atoms with Crippen LogP contribution in [0.2, 0.25) is 0 Å². The lowest BCUT2D eigenvalue weighted by Crippen LogP contribution is -2.19. The van der Waals surface area contributed by atoms with Crippen molar-refractivity contribution in [1.29, 1.82) is 0 Å². The van der Waals surface area contributed by atoms with Crippen LogP contribution >= 0.6 is 11.3 Å². The number of nitrogens with one attached hydrogen (secondary N) is 1. The average molecular weight is 290 g/mol. The van der Waals surface area contributed by atoms with Gasteiger partial charge in [-0.2, -0.15) is 5.10 Å². The summed E-state index contributed by atoms with van der Waals surface area (Å²) in [4.78, 5) is 4.52. The molecule has 2 aromatic heterocycles. The number of aromatic nitrogens is 3. The molecule has 1 aliphatic rings. The van der Waals surface area contributed by atoms with Crippen LogP contribution in [0, 0.1) is 20.8 Å². The summed E-state index contributed by atoms with van der Waals surface area (Å²) in [6, 6.07) is 0.781. The Morgan fingerprint density at radius 1 is 1.35 bits per heavy atom. The van der Waals surface area contributed by atoms with Crippen LogP contribution in [0.15, 0.2) is 5.38 Å². The van der Waals surface area contributed by atoms with Crippen molar-refractivity contribution in [2.24, 2.45) is 0 Å². The lowest BCUT2D eigenvalue weighted by molar-refractivity contribution is 0.651. The van der Waals surface area contributed by atoms with E-state index < -0.39 is 0 Å². The molecule has 1 fully saturated rings. The second kappa shape index (κ2) is 5.66. The summed E-state index contributed by atoms with van der Waals surface area (Å²) < 4.78 is 2.10. The first-order valence-corrected chi connectivity index (χ1v) is 8.18. The van der Waals surface area contributed by atoms with Crippen molar-refractivity contribution in [2.75, 3.05) is 6.54 Å². The fraction of sp³-hybridized carbons (Fsp3) is 0.600. The monoisotopic (exact) mass is 290 g/mol. The number of hydrogen-bond donors (Lipinski definition) is 1. The van der Waals surface area contributed by atoms with Gasteiger partial charge in [-0.25, -0.2) is 4.98 Å². The van der Waals surface area contributed by atoms with Gasteiger partial charge in [0.25, 0.3) is 0 Å². The fourth-order valence-electron chi connectivity index (χ4n) is 2.54. The Labute approximate surface area is 124 Å². The maximum Gasteiger partial charge on any atom is 0.114 e. The predicted molar refractivity (Wildman–Crippen MR) is 82.4 cm³/mol. The van der Waals surface area contributed by atoms with E-state index in [0.717, 1.165) is 41.9 Å². The van der Waals surface area contributed by atoms with E-state index >= 15 is 0 Å². The first-order valence-electron chi connectivity index (χ1n) is 7.30. The molecule has 0 atom stereocenters. The lowest BCUT2D eigenvalue weighted by atomic mass is 10.1. The average Bonchev–Trinajstić information content (AvgIpc) is 3.09. The highest BCUT2D eigenvalue weighted by Crippen LogP contribution is 2.20. The minimum absolute atomic E-state index is 0.781. The highest BCUT2D eigenvalue weighted by atomic mass is 32.1. The van der Waals surface area contributed by atoms with E-state index in [2.05, 4.69) is 39.3 Å². The molecule has 0 aliphatic heterocycles.